The van der Waals surface area contributed by atoms with Crippen LogP contribution in [0.5, 0.6) is 5.75 Å². The van der Waals surface area contributed by atoms with Crippen molar-refractivity contribution in [2.45, 2.75) is 71.0 Å². The Morgan fingerprint density at radius 3 is 2.78 bits per heavy atom. The molecule has 0 bridgehead atoms. The highest BCUT2D eigenvalue weighted by Gasteiger charge is 2.43. The van der Waals surface area contributed by atoms with Crippen molar-refractivity contribution in [1.29, 1.82) is 0 Å². The van der Waals surface area contributed by atoms with Crippen LogP contribution in [0.1, 0.15) is 60.8 Å². The molecular formula is C30H34ClNO5. The van der Waals surface area contributed by atoms with Gasteiger partial charge in [0.15, 0.2) is 0 Å². The molecule has 2 atom stereocenters. The number of aryl methyl sites for hydroxylation is 2. The second-order valence-electron chi connectivity index (χ2n) is 10.6. The van der Waals surface area contributed by atoms with Gasteiger partial charge in [0.05, 0.1) is 5.60 Å². The van der Waals surface area contributed by atoms with E-state index in [2.05, 4.69) is 0 Å². The van der Waals surface area contributed by atoms with Crippen LogP contribution >= 0.6 is 11.6 Å². The van der Waals surface area contributed by atoms with E-state index in [1.54, 1.807) is 0 Å². The van der Waals surface area contributed by atoms with Crippen molar-refractivity contribution in [3.8, 4) is 5.75 Å². The molecule has 0 radical (unpaired) electrons. The quantitative estimate of drug-likeness (QED) is 0.417. The molecule has 2 aromatic carbocycles. The van der Waals surface area contributed by atoms with Gasteiger partial charge in [-0.15, -0.1) is 0 Å². The van der Waals surface area contributed by atoms with Gasteiger partial charge >= 0.3 is 5.63 Å². The molecule has 1 amide bonds. The number of nitrogens with zero attached hydrogens (tertiary/aromatic N) is 1. The maximum absolute atomic E-state index is 13.0. The summed E-state index contributed by atoms with van der Waals surface area (Å²) in [6.07, 6.45) is 5.20. The topological polar surface area (TPSA) is 80.0 Å². The van der Waals surface area contributed by atoms with Crippen molar-refractivity contribution in [2.75, 3.05) is 13.1 Å². The number of hydrogen-bond donors (Lipinski definition) is 1. The molecule has 0 unspecified atom stereocenters. The molecular weight excluding hydrogens is 490 g/mol. The van der Waals surface area contributed by atoms with Gasteiger partial charge in [-0.1, -0.05) is 42.6 Å². The van der Waals surface area contributed by atoms with Crippen molar-refractivity contribution in [2.24, 2.45) is 5.92 Å². The van der Waals surface area contributed by atoms with Gasteiger partial charge in [0.2, 0.25) is 5.91 Å². The molecule has 3 aromatic rings. The average Bonchev–Trinajstić information content (AvgIpc) is 2.88. The highest BCUT2D eigenvalue weighted by atomic mass is 35.5. The number of piperidine rings is 1. The molecule has 1 saturated carbocycles. The SMILES string of the molecule is Cc1c(CCC(=O)N2CC[C@@]3(O)CCCC[C@H]3C2)c(=O)oc2c(C)c(OCc3ccccc3Cl)ccc12. The lowest BCUT2D eigenvalue weighted by Crippen LogP contribution is -2.54. The van der Waals surface area contributed by atoms with Crippen LogP contribution in [0, 0.1) is 19.8 Å². The van der Waals surface area contributed by atoms with E-state index in [4.69, 9.17) is 20.8 Å². The van der Waals surface area contributed by atoms with Crippen LogP contribution in [0.25, 0.3) is 11.0 Å². The largest absolute Gasteiger partial charge is 0.488 e. The zero-order valence-corrected chi connectivity index (χ0v) is 22.3. The van der Waals surface area contributed by atoms with Crippen LogP contribution in [0.3, 0.4) is 0 Å². The van der Waals surface area contributed by atoms with Crippen molar-refractivity contribution in [1.82, 2.24) is 4.90 Å². The second-order valence-corrected chi connectivity index (χ2v) is 11.0. The average molecular weight is 524 g/mol. The molecule has 37 heavy (non-hydrogen) atoms. The number of benzene rings is 2. The summed E-state index contributed by atoms with van der Waals surface area (Å²) in [6, 6.07) is 11.3. The lowest BCUT2D eigenvalue weighted by Gasteiger charge is -2.47. The van der Waals surface area contributed by atoms with E-state index in [0.717, 1.165) is 47.8 Å². The third-order valence-corrected chi connectivity index (χ3v) is 8.73. The fourth-order valence-corrected chi connectivity index (χ4v) is 6.16. The molecule has 1 N–H and O–H groups in total. The number of carbonyl (C=O) groups excluding carboxylic acids is 1. The molecule has 2 aliphatic rings. The number of carbonyl (C=O) groups is 1. The van der Waals surface area contributed by atoms with E-state index in [9.17, 15) is 14.7 Å². The smallest absolute Gasteiger partial charge is 0.339 e. The molecule has 1 saturated heterocycles. The maximum atomic E-state index is 13.0. The monoisotopic (exact) mass is 523 g/mol. The molecule has 196 valence electrons. The number of fused-ring (bicyclic) bond motifs is 2. The lowest BCUT2D eigenvalue weighted by atomic mass is 9.71. The third kappa shape index (κ3) is 5.14. The summed E-state index contributed by atoms with van der Waals surface area (Å²) in [6.45, 7) is 5.28. The Bertz CT molecular complexity index is 1380. The summed E-state index contributed by atoms with van der Waals surface area (Å²) in [5, 5.41) is 12.4. The predicted octanol–water partition coefficient (Wildman–Crippen LogP) is 5.73. The van der Waals surface area contributed by atoms with E-state index in [-0.39, 0.29) is 18.2 Å². The summed E-state index contributed by atoms with van der Waals surface area (Å²) in [5.74, 6) is 0.820. The Balaban J connectivity index is 1.29. The molecule has 2 fully saturated rings. The first-order valence-electron chi connectivity index (χ1n) is 13.2. The number of rotatable bonds is 6. The van der Waals surface area contributed by atoms with Crippen molar-refractivity contribution < 1.29 is 19.1 Å². The molecule has 6 nitrogen and oxygen atoms in total. The first-order chi connectivity index (χ1) is 17.8. The Kier molecular flexibility index (Phi) is 7.32. The summed E-state index contributed by atoms with van der Waals surface area (Å²) < 4.78 is 11.8. The molecule has 5 rings (SSSR count). The van der Waals surface area contributed by atoms with Gasteiger partial charge in [0, 0.05) is 52.5 Å². The minimum absolute atomic E-state index is 0.0334. The van der Waals surface area contributed by atoms with Gasteiger partial charge in [-0.2, -0.15) is 0 Å². The first kappa shape index (κ1) is 25.8. The number of hydrogen-bond acceptors (Lipinski definition) is 5. The van der Waals surface area contributed by atoms with Gasteiger partial charge in [0.1, 0.15) is 17.9 Å². The summed E-state index contributed by atoms with van der Waals surface area (Å²) in [4.78, 5) is 27.9. The van der Waals surface area contributed by atoms with Gasteiger partial charge in [-0.25, -0.2) is 4.79 Å². The summed E-state index contributed by atoms with van der Waals surface area (Å²) >= 11 is 6.24. The van der Waals surface area contributed by atoms with Gasteiger partial charge < -0.3 is 19.2 Å². The van der Waals surface area contributed by atoms with E-state index in [0.29, 0.717) is 54.5 Å². The Morgan fingerprint density at radius 1 is 1.16 bits per heavy atom. The van der Waals surface area contributed by atoms with E-state index < -0.39 is 11.2 Å². The number of halogens is 1. The molecule has 7 heteroatoms. The van der Waals surface area contributed by atoms with Crippen molar-refractivity contribution >= 4 is 28.5 Å². The minimum atomic E-state index is -0.612. The Morgan fingerprint density at radius 2 is 1.97 bits per heavy atom. The fraction of sp³-hybridized carbons (Fsp3) is 0.467. The zero-order valence-electron chi connectivity index (χ0n) is 21.5. The van der Waals surface area contributed by atoms with E-state index in [1.807, 2.05) is 55.1 Å². The van der Waals surface area contributed by atoms with Crippen LogP contribution in [0.4, 0.5) is 0 Å². The summed E-state index contributed by atoms with van der Waals surface area (Å²) in [5.41, 5.74) is 2.48. The molecule has 2 heterocycles. The van der Waals surface area contributed by atoms with E-state index >= 15 is 0 Å². The zero-order chi connectivity index (χ0) is 26.2. The first-order valence-corrected chi connectivity index (χ1v) is 13.6. The predicted molar refractivity (Wildman–Crippen MR) is 144 cm³/mol. The van der Waals surface area contributed by atoms with Crippen molar-refractivity contribution in [3.63, 3.8) is 0 Å². The van der Waals surface area contributed by atoms with E-state index in [1.165, 1.54) is 0 Å². The number of likely N-dealkylation sites (tertiary alicyclic amines) is 1. The molecule has 0 spiro atoms. The fourth-order valence-electron chi connectivity index (χ4n) is 5.97. The Labute approximate surface area is 222 Å². The van der Waals surface area contributed by atoms with Crippen LogP contribution in [-0.2, 0) is 17.8 Å². The highest BCUT2D eigenvalue weighted by molar-refractivity contribution is 6.31. The molecule has 1 aliphatic carbocycles. The van der Waals surface area contributed by atoms with Crippen molar-refractivity contribution in [3.05, 3.63) is 74.1 Å². The van der Waals surface area contributed by atoms with Gasteiger partial charge in [0.25, 0.3) is 0 Å². The minimum Gasteiger partial charge on any atom is -0.488 e. The van der Waals surface area contributed by atoms with Gasteiger partial charge in [-0.05, 0) is 63.3 Å². The number of amides is 1. The maximum Gasteiger partial charge on any atom is 0.339 e. The third-order valence-electron chi connectivity index (χ3n) is 8.36. The van der Waals surface area contributed by atoms with Crippen LogP contribution in [0.2, 0.25) is 5.02 Å². The lowest BCUT2D eigenvalue weighted by molar-refractivity contribution is -0.143. The highest BCUT2D eigenvalue weighted by Crippen LogP contribution is 2.40. The van der Waals surface area contributed by atoms with Crippen LogP contribution in [0.15, 0.2) is 45.6 Å². The second kappa shape index (κ2) is 10.5. The molecule has 1 aromatic heterocycles. The standard InChI is InChI=1S/C30H34ClNO5/c1-19-23-10-12-26(36-18-21-7-3-4-9-25(21)31)20(2)28(23)37-29(34)24(19)11-13-27(33)32-16-15-30(35)14-6-5-8-22(30)17-32/h3-4,7,9-10,12,22,35H,5-6,8,11,13-18H2,1-2H3/t22-,30-/m0/s1. The Hall–Kier alpha value is -2.83. The van der Waals surface area contributed by atoms with Crippen LogP contribution in [-0.4, -0.2) is 34.6 Å². The van der Waals surface area contributed by atoms with Crippen LogP contribution < -0.4 is 10.4 Å². The normalized spacial score (nSPS) is 21.6. The molecule has 1 aliphatic heterocycles. The summed E-state index contributed by atoms with van der Waals surface area (Å²) in [7, 11) is 0. The van der Waals surface area contributed by atoms with Gasteiger partial charge in [-0.3, -0.25) is 4.79 Å². The number of ether oxygens (including phenoxy) is 1. The number of aliphatic hydroxyl groups is 1.